The van der Waals surface area contributed by atoms with Crippen molar-refractivity contribution >= 4 is 17.4 Å². The van der Waals surface area contributed by atoms with E-state index >= 15 is 0 Å². The van der Waals surface area contributed by atoms with E-state index in [4.69, 9.17) is 0 Å². The average molecular weight is 189 g/mol. The molecule has 72 valence electrons. The molecule has 2 rings (SSSR count). The monoisotopic (exact) mass is 189 g/mol. The highest BCUT2D eigenvalue weighted by Gasteiger charge is 2.26. The minimum absolute atomic E-state index is 0.278. The summed E-state index contributed by atoms with van der Waals surface area (Å²) >= 11 is 0. The van der Waals surface area contributed by atoms with Crippen LogP contribution in [0.1, 0.15) is 12.8 Å². The number of amides is 1. The number of hydrogen-bond donors (Lipinski definition) is 0. The van der Waals surface area contributed by atoms with Crippen LogP contribution < -0.4 is 4.90 Å². The summed E-state index contributed by atoms with van der Waals surface area (Å²) in [6, 6.07) is 9.30. The summed E-state index contributed by atoms with van der Waals surface area (Å²) in [7, 11) is 0. The van der Waals surface area contributed by atoms with E-state index in [1.54, 1.807) is 4.90 Å². The zero-order valence-electron chi connectivity index (χ0n) is 7.77. The first-order valence-electron chi connectivity index (χ1n) is 4.69. The van der Waals surface area contributed by atoms with E-state index in [0.717, 1.165) is 12.1 Å². The molecule has 1 aliphatic rings. The third-order valence-corrected chi connectivity index (χ3v) is 2.34. The van der Waals surface area contributed by atoms with Gasteiger partial charge >= 0.3 is 0 Å². The molecule has 0 atom stereocenters. The van der Waals surface area contributed by atoms with Gasteiger partial charge in [0.15, 0.2) is 0 Å². The first-order chi connectivity index (χ1) is 6.79. The molecule has 1 aliphatic heterocycles. The second kappa shape index (κ2) is 3.62. The molecule has 0 unspecified atom stereocenters. The van der Waals surface area contributed by atoms with Crippen LogP contribution >= 0.6 is 0 Å². The first-order valence-corrected chi connectivity index (χ1v) is 4.69. The third kappa shape index (κ3) is 1.53. The van der Waals surface area contributed by atoms with Gasteiger partial charge in [-0.15, -0.1) is 0 Å². The summed E-state index contributed by atoms with van der Waals surface area (Å²) in [6.07, 6.45) is 1.15. The number of anilines is 1. The molecular formula is C11H11NO2. The number of nitrogens with zero attached hydrogens (tertiary/aromatic N) is 1. The molecule has 1 saturated heterocycles. The van der Waals surface area contributed by atoms with Crippen LogP contribution in [-0.4, -0.2) is 18.2 Å². The Morgan fingerprint density at radius 2 is 1.79 bits per heavy atom. The number of hydrogen-bond acceptors (Lipinski definition) is 2. The normalized spacial score (nSPS) is 17.3. The molecule has 1 amide bonds. The van der Waals surface area contributed by atoms with Crippen LogP contribution in [0.3, 0.4) is 0 Å². The van der Waals surface area contributed by atoms with Gasteiger partial charge in [0.05, 0.1) is 0 Å². The second-order valence-corrected chi connectivity index (χ2v) is 3.32. The van der Waals surface area contributed by atoms with Gasteiger partial charge in [-0.1, -0.05) is 18.2 Å². The van der Waals surface area contributed by atoms with E-state index in [0.29, 0.717) is 13.0 Å². The molecule has 1 aromatic rings. The molecule has 1 heterocycles. The van der Waals surface area contributed by atoms with Crippen LogP contribution in [0.4, 0.5) is 5.69 Å². The molecule has 0 aliphatic carbocycles. The van der Waals surface area contributed by atoms with Crippen molar-refractivity contribution < 1.29 is 9.59 Å². The first kappa shape index (κ1) is 8.94. The number of rotatable bonds is 1. The van der Waals surface area contributed by atoms with Crippen LogP contribution in [0.25, 0.3) is 0 Å². The van der Waals surface area contributed by atoms with E-state index in [1.807, 2.05) is 30.3 Å². The zero-order chi connectivity index (χ0) is 9.97. The molecule has 0 radical (unpaired) electrons. The Morgan fingerprint density at radius 3 is 2.50 bits per heavy atom. The predicted molar refractivity (Wildman–Crippen MR) is 53.0 cm³/mol. The molecule has 1 aromatic carbocycles. The Balaban J connectivity index is 2.26. The maximum atomic E-state index is 11.5. The van der Waals surface area contributed by atoms with E-state index in [1.165, 1.54) is 0 Å². The average Bonchev–Trinajstić information content (AvgIpc) is 2.23. The number of para-hydroxylation sites is 1. The highest BCUT2D eigenvalue weighted by Crippen LogP contribution is 2.18. The topological polar surface area (TPSA) is 37.4 Å². The molecule has 0 N–H and O–H groups in total. The lowest BCUT2D eigenvalue weighted by Crippen LogP contribution is -2.41. The Bertz CT molecular complexity index is 359. The Labute approximate surface area is 82.3 Å². The van der Waals surface area contributed by atoms with Gasteiger partial charge in [-0.3, -0.25) is 9.59 Å². The van der Waals surface area contributed by atoms with Crippen molar-refractivity contribution in [2.75, 3.05) is 11.4 Å². The van der Waals surface area contributed by atoms with Crippen molar-refractivity contribution in [3.8, 4) is 0 Å². The predicted octanol–water partition coefficient (Wildman–Crippen LogP) is 1.38. The summed E-state index contributed by atoms with van der Waals surface area (Å²) in [5.74, 6) is -0.650. The maximum Gasteiger partial charge on any atom is 0.294 e. The molecule has 0 bridgehead atoms. The van der Waals surface area contributed by atoms with Crippen molar-refractivity contribution in [1.82, 2.24) is 0 Å². The van der Waals surface area contributed by atoms with Crippen LogP contribution in [0.15, 0.2) is 30.3 Å². The summed E-state index contributed by atoms with van der Waals surface area (Å²) in [4.78, 5) is 24.2. The van der Waals surface area contributed by atoms with Gasteiger partial charge in [-0.05, 0) is 18.6 Å². The number of Topliss-reactive ketones (excluding diaryl/α,β-unsaturated/α-hetero) is 1. The summed E-state index contributed by atoms with van der Waals surface area (Å²) in [5, 5.41) is 0. The van der Waals surface area contributed by atoms with Gasteiger partial charge in [0.25, 0.3) is 5.91 Å². The van der Waals surface area contributed by atoms with E-state index < -0.39 is 0 Å². The number of piperidine rings is 1. The molecule has 0 spiro atoms. The van der Waals surface area contributed by atoms with Gasteiger partial charge in [0, 0.05) is 18.7 Å². The van der Waals surface area contributed by atoms with Crippen LogP contribution in [0.5, 0.6) is 0 Å². The minimum atomic E-state index is -0.373. The number of ketones is 1. The second-order valence-electron chi connectivity index (χ2n) is 3.32. The standard InChI is InChI=1S/C11H11NO2/c13-10-7-4-8-12(11(10)14)9-5-2-1-3-6-9/h1-3,5-6H,4,7-8H2. The lowest BCUT2D eigenvalue weighted by molar-refractivity contribution is -0.137. The largest absolute Gasteiger partial charge is 0.306 e. The van der Waals surface area contributed by atoms with Crippen molar-refractivity contribution in [3.05, 3.63) is 30.3 Å². The Morgan fingerprint density at radius 1 is 1.07 bits per heavy atom. The van der Waals surface area contributed by atoms with Crippen LogP contribution in [0, 0.1) is 0 Å². The van der Waals surface area contributed by atoms with Crippen molar-refractivity contribution in [2.45, 2.75) is 12.8 Å². The fourth-order valence-corrected chi connectivity index (χ4v) is 1.61. The zero-order valence-corrected chi connectivity index (χ0v) is 7.77. The SMILES string of the molecule is O=C1CCCN(c2ccccc2)C1=O. The van der Waals surface area contributed by atoms with Crippen LogP contribution in [0.2, 0.25) is 0 Å². The van der Waals surface area contributed by atoms with Gasteiger partial charge in [0.2, 0.25) is 5.78 Å². The van der Waals surface area contributed by atoms with E-state index in [9.17, 15) is 9.59 Å². The molecule has 1 fully saturated rings. The fraction of sp³-hybridized carbons (Fsp3) is 0.273. The number of carbonyl (C=O) groups is 2. The molecular weight excluding hydrogens is 178 g/mol. The van der Waals surface area contributed by atoms with E-state index in [-0.39, 0.29) is 11.7 Å². The summed E-state index contributed by atoms with van der Waals surface area (Å²) in [6.45, 7) is 0.647. The fourth-order valence-electron chi connectivity index (χ4n) is 1.61. The van der Waals surface area contributed by atoms with Gasteiger partial charge in [-0.2, -0.15) is 0 Å². The van der Waals surface area contributed by atoms with E-state index in [2.05, 4.69) is 0 Å². The lowest BCUT2D eigenvalue weighted by atomic mass is 10.1. The maximum absolute atomic E-state index is 11.5. The lowest BCUT2D eigenvalue weighted by Gasteiger charge is -2.25. The van der Waals surface area contributed by atoms with Gasteiger partial charge < -0.3 is 4.90 Å². The van der Waals surface area contributed by atoms with Crippen molar-refractivity contribution in [2.24, 2.45) is 0 Å². The highest BCUT2D eigenvalue weighted by atomic mass is 16.2. The van der Waals surface area contributed by atoms with Gasteiger partial charge in [0.1, 0.15) is 0 Å². The smallest absolute Gasteiger partial charge is 0.294 e. The van der Waals surface area contributed by atoms with Gasteiger partial charge in [-0.25, -0.2) is 0 Å². The molecule has 3 heteroatoms. The quantitative estimate of drug-likeness (QED) is 0.626. The Kier molecular flexibility index (Phi) is 2.31. The molecule has 3 nitrogen and oxygen atoms in total. The third-order valence-electron chi connectivity index (χ3n) is 2.34. The molecule has 0 saturated carbocycles. The summed E-state index contributed by atoms with van der Waals surface area (Å²) in [5.41, 5.74) is 0.811. The number of benzene rings is 1. The number of carbonyl (C=O) groups excluding carboxylic acids is 2. The van der Waals surface area contributed by atoms with Crippen LogP contribution in [-0.2, 0) is 9.59 Å². The minimum Gasteiger partial charge on any atom is -0.306 e. The molecule has 14 heavy (non-hydrogen) atoms. The summed E-state index contributed by atoms with van der Waals surface area (Å²) < 4.78 is 0. The highest BCUT2D eigenvalue weighted by molar-refractivity contribution is 6.41. The Hall–Kier alpha value is -1.64. The van der Waals surface area contributed by atoms with Crippen molar-refractivity contribution in [3.63, 3.8) is 0 Å². The van der Waals surface area contributed by atoms with Crippen molar-refractivity contribution in [1.29, 1.82) is 0 Å². The molecule has 0 aromatic heterocycles.